The lowest BCUT2D eigenvalue weighted by Crippen LogP contribution is -2.32. The fraction of sp³-hybridized carbons (Fsp3) is 0.455. The van der Waals surface area contributed by atoms with Crippen molar-refractivity contribution in [1.82, 2.24) is 0 Å². The Bertz CT molecular complexity index is 319. The molecule has 1 aromatic carbocycles. The van der Waals surface area contributed by atoms with Crippen LogP contribution >= 0.6 is 11.6 Å². The molecule has 1 heteroatoms. The van der Waals surface area contributed by atoms with E-state index in [1.165, 1.54) is 24.0 Å². The van der Waals surface area contributed by atoms with E-state index in [1.807, 2.05) is 0 Å². The summed E-state index contributed by atoms with van der Waals surface area (Å²) in [5.41, 5.74) is 3.06. The van der Waals surface area contributed by atoms with E-state index in [0.29, 0.717) is 11.3 Å². The highest BCUT2D eigenvalue weighted by atomic mass is 35.5. The van der Waals surface area contributed by atoms with Crippen molar-refractivity contribution in [3.63, 3.8) is 0 Å². The van der Waals surface area contributed by atoms with Gasteiger partial charge in [0.25, 0.3) is 0 Å². The summed E-state index contributed by atoms with van der Waals surface area (Å²) in [6, 6.07) is 8.75. The molecule has 2 aliphatic carbocycles. The molecule has 12 heavy (non-hydrogen) atoms. The molecular weight excluding hydrogens is 168 g/mol. The first-order valence-electron chi connectivity index (χ1n) is 4.58. The first-order valence-corrected chi connectivity index (χ1v) is 5.02. The van der Waals surface area contributed by atoms with Crippen molar-refractivity contribution in [1.29, 1.82) is 0 Å². The maximum absolute atomic E-state index is 6.18. The standard InChI is InChI=1S/C11H11Cl/c12-10-6-8-5-7-3-1-2-4-9(7)11(8)10/h1-4,8,10-11H,5-6H2. The van der Waals surface area contributed by atoms with E-state index in [4.69, 9.17) is 11.6 Å². The Hall–Kier alpha value is -0.490. The Morgan fingerprint density at radius 1 is 1.25 bits per heavy atom. The van der Waals surface area contributed by atoms with Crippen LogP contribution in [0.15, 0.2) is 24.3 Å². The van der Waals surface area contributed by atoms with E-state index in [9.17, 15) is 0 Å². The minimum atomic E-state index is 0.415. The van der Waals surface area contributed by atoms with Gasteiger partial charge in [-0.2, -0.15) is 0 Å². The average Bonchev–Trinajstić information content (AvgIpc) is 2.35. The highest BCUT2D eigenvalue weighted by molar-refractivity contribution is 6.22. The highest BCUT2D eigenvalue weighted by Crippen LogP contribution is 2.53. The van der Waals surface area contributed by atoms with Crippen LogP contribution < -0.4 is 0 Å². The number of halogens is 1. The Morgan fingerprint density at radius 3 is 2.92 bits per heavy atom. The molecule has 1 fully saturated rings. The zero-order valence-electron chi connectivity index (χ0n) is 6.83. The van der Waals surface area contributed by atoms with Gasteiger partial charge >= 0.3 is 0 Å². The molecule has 0 N–H and O–H groups in total. The van der Waals surface area contributed by atoms with Gasteiger partial charge in [-0.3, -0.25) is 0 Å². The van der Waals surface area contributed by atoms with Gasteiger partial charge in [-0.05, 0) is 29.9 Å². The Balaban J connectivity index is 2.09. The van der Waals surface area contributed by atoms with Gasteiger partial charge in [-0.15, -0.1) is 11.6 Å². The lowest BCUT2D eigenvalue weighted by Gasteiger charge is -2.36. The molecular formula is C11H11Cl. The summed E-state index contributed by atoms with van der Waals surface area (Å²) in [4.78, 5) is 0. The van der Waals surface area contributed by atoms with Crippen molar-refractivity contribution in [2.75, 3.05) is 0 Å². The topological polar surface area (TPSA) is 0 Å². The zero-order valence-corrected chi connectivity index (χ0v) is 7.59. The molecule has 1 saturated carbocycles. The quantitative estimate of drug-likeness (QED) is 0.536. The Morgan fingerprint density at radius 2 is 2.08 bits per heavy atom. The molecule has 0 nitrogen and oxygen atoms in total. The number of benzene rings is 1. The molecule has 0 aliphatic heterocycles. The van der Waals surface area contributed by atoms with Gasteiger partial charge < -0.3 is 0 Å². The van der Waals surface area contributed by atoms with E-state index in [2.05, 4.69) is 24.3 Å². The average molecular weight is 179 g/mol. The zero-order chi connectivity index (χ0) is 8.13. The predicted molar refractivity (Wildman–Crippen MR) is 50.6 cm³/mol. The lowest BCUT2D eigenvalue weighted by molar-refractivity contribution is 0.289. The molecule has 3 rings (SSSR count). The molecule has 0 radical (unpaired) electrons. The van der Waals surface area contributed by atoms with Crippen molar-refractivity contribution >= 4 is 11.6 Å². The van der Waals surface area contributed by atoms with Crippen LogP contribution in [0.5, 0.6) is 0 Å². The first kappa shape index (κ1) is 6.97. The van der Waals surface area contributed by atoms with Crippen molar-refractivity contribution in [2.24, 2.45) is 5.92 Å². The largest absolute Gasteiger partial charge is 0.122 e. The molecule has 2 aliphatic rings. The third-order valence-corrected chi connectivity index (χ3v) is 3.77. The number of alkyl halides is 1. The number of hydrogen-bond acceptors (Lipinski definition) is 0. The smallest absolute Gasteiger partial charge is 0.0410 e. The van der Waals surface area contributed by atoms with Gasteiger partial charge in [0.2, 0.25) is 0 Å². The fourth-order valence-electron chi connectivity index (χ4n) is 2.67. The second-order valence-corrected chi connectivity index (χ2v) is 4.50. The van der Waals surface area contributed by atoms with Gasteiger partial charge in [0.15, 0.2) is 0 Å². The van der Waals surface area contributed by atoms with Crippen molar-refractivity contribution in [3.05, 3.63) is 35.4 Å². The van der Waals surface area contributed by atoms with Gasteiger partial charge in [-0.25, -0.2) is 0 Å². The Kier molecular flexibility index (Phi) is 1.31. The maximum atomic E-state index is 6.18. The van der Waals surface area contributed by atoms with Crippen LogP contribution in [0.2, 0.25) is 0 Å². The molecule has 0 heterocycles. The van der Waals surface area contributed by atoms with Crippen LogP contribution in [0.3, 0.4) is 0 Å². The molecule has 0 spiro atoms. The van der Waals surface area contributed by atoms with E-state index in [-0.39, 0.29) is 0 Å². The van der Waals surface area contributed by atoms with Gasteiger partial charge in [-0.1, -0.05) is 24.3 Å². The molecule has 0 saturated heterocycles. The number of rotatable bonds is 0. The van der Waals surface area contributed by atoms with Crippen LogP contribution in [0, 0.1) is 5.92 Å². The molecule has 62 valence electrons. The van der Waals surface area contributed by atoms with Crippen molar-refractivity contribution in [2.45, 2.75) is 24.1 Å². The van der Waals surface area contributed by atoms with Crippen LogP contribution in [0.1, 0.15) is 23.5 Å². The predicted octanol–water partition coefficient (Wildman–Crippen LogP) is 2.95. The summed E-state index contributed by atoms with van der Waals surface area (Å²) in [6.07, 6.45) is 2.49. The van der Waals surface area contributed by atoms with Gasteiger partial charge in [0.05, 0.1) is 0 Å². The summed E-state index contributed by atoms with van der Waals surface area (Å²) in [5, 5.41) is 0.415. The van der Waals surface area contributed by atoms with Crippen LogP contribution in [-0.2, 0) is 6.42 Å². The first-order chi connectivity index (χ1) is 5.86. The van der Waals surface area contributed by atoms with E-state index < -0.39 is 0 Å². The maximum Gasteiger partial charge on any atom is 0.0410 e. The van der Waals surface area contributed by atoms with Gasteiger partial charge in [0.1, 0.15) is 0 Å². The summed E-state index contributed by atoms with van der Waals surface area (Å²) >= 11 is 6.18. The highest BCUT2D eigenvalue weighted by Gasteiger charge is 2.45. The summed E-state index contributed by atoms with van der Waals surface area (Å²) in [6.45, 7) is 0. The van der Waals surface area contributed by atoms with E-state index >= 15 is 0 Å². The number of fused-ring (bicyclic) bond motifs is 3. The number of hydrogen-bond donors (Lipinski definition) is 0. The van der Waals surface area contributed by atoms with Crippen molar-refractivity contribution in [3.8, 4) is 0 Å². The summed E-state index contributed by atoms with van der Waals surface area (Å²) in [7, 11) is 0. The van der Waals surface area contributed by atoms with Crippen LogP contribution in [0.4, 0.5) is 0 Å². The monoisotopic (exact) mass is 178 g/mol. The minimum Gasteiger partial charge on any atom is -0.122 e. The van der Waals surface area contributed by atoms with Gasteiger partial charge in [0, 0.05) is 11.3 Å². The molecule has 3 atom stereocenters. The van der Waals surface area contributed by atoms with Crippen molar-refractivity contribution < 1.29 is 0 Å². The summed E-state index contributed by atoms with van der Waals surface area (Å²) < 4.78 is 0. The fourth-order valence-corrected chi connectivity index (χ4v) is 3.24. The Labute approximate surface area is 77.5 Å². The SMILES string of the molecule is ClC1CC2Cc3ccccc3C12. The van der Waals surface area contributed by atoms with E-state index in [1.54, 1.807) is 0 Å². The molecule has 0 bridgehead atoms. The van der Waals surface area contributed by atoms with E-state index in [0.717, 1.165) is 5.92 Å². The lowest BCUT2D eigenvalue weighted by atomic mass is 9.74. The second kappa shape index (κ2) is 2.26. The third kappa shape index (κ3) is 0.740. The van der Waals surface area contributed by atoms with Crippen LogP contribution in [-0.4, -0.2) is 5.38 Å². The third-order valence-electron chi connectivity index (χ3n) is 3.32. The molecule has 1 aromatic rings. The normalized spacial score (nSPS) is 36.9. The van der Waals surface area contributed by atoms with Crippen LogP contribution in [0.25, 0.3) is 0 Å². The molecule has 0 aromatic heterocycles. The molecule has 0 amide bonds. The molecule has 3 unspecified atom stereocenters. The second-order valence-electron chi connectivity index (χ2n) is 3.94. The minimum absolute atomic E-state index is 0.415. The summed E-state index contributed by atoms with van der Waals surface area (Å²) in [5.74, 6) is 1.55.